The van der Waals surface area contributed by atoms with E-state index in [1.165, 1.54) is 0 Å². The Morgan fingerprint density at radius 2 is 1.42 bits per heavy atom. The highest BCUT2D eigenvalue weighted by Crippen LogP contribution is 2.33. The second kappa shape index (κ2) is 17.6. The van der Waals surface area contributed by atoms with Crippen LogP contribution in [0.1, 0.15) is 32.6 Å². The molecule has 0 aromatic rings. The van der Waals surface area contributed by atoms with E-state index in [2.05, 4.69) is 0 Å². The van der Waals surface area contributed by atoms with Crippen molar-refractivity contribution in [3.8, 4) is 0 Å². The van der Waals surface area contributed by atoms with E-state index in [4.69, 9.17) is 33.9 Å². The minimum atomic E-state index is -0.785. The first-order valence-electron chi connectivity index (χ1n) is 9.28. The van der Waals surface area contributed by atoms with E-state index in [9.17, 15) is 4.79 Å². The topological polar surface area (TPSA) is 104 Å². The molecule has 0 aliphatic heterocycles. The Hall–Kier alpha value is -0.770. The van der Waals surface area contributed by atoms with E-state index in [0.29, 0.717) is 65.3 Å². The predicted molar refractivity (Wildman–Crippen MR) is 96.0 cm³/mol. The van der Waals surface area contributed by atoms with Crippen LogP contribution in [-0.2, 0) is 28.5 Å². The van der Waals surface area contributed by atoms with E-state index in [-0.39, 0.29) is 32.4 Å². The van der Waals surface area contributed by atoms with Gasteiger partial charge in [-0.15, -0.1) is 0 Å². The molecule has 0 bridgehead atoms. The average molecular weight is 380 g/mol. The molecule has 0 radical (unpaired) electrons. The second-order valence-corrected chi connectivity index (χ2v) is 5.88. The van der Waals surface area contributed by atoms with Crippen molar-refractivity contribution in [2.45, 2.75) is 32.6 Å². The predicted octanol–water partition coefficient (Wildman–Crippen LogP) is 0.777. The molecule has 2 N–H and O–H groups in total. The van der Waals surface area contributed by atoms with E-state index >= 15 is 0 Å². The number of carbonyl (C=O) groups is 1. The van der Waals surface area contributed by atoms with Gasteiger partial charge in [-0.2, -0.15) is 0 Å². The molecular weight excluding hydrogens is 344 g/mol. The molecule has 0 aliphatic carbocycles. The minimum Gasteiger partial charge on any atom is -0.465 e. The normalized spacial score (nSPS) is 13.5. The van der Waals surface area contributed by atoms with Gasteiger partial charge >= 0.3 is 5.97 Å². The third-order valence-electron chi connectivity index (χ3n) is 4.02. The highest BCUT2D eigenvalue weighted by molar-refractivity contribution is 5.76. The summed E-state index contributed by atoms with van der Waals surface area (Å²) in [7, 11) is 1.60. The molecule has 26 heavy (non-hydrogen) atoms. The van der Waals surface area contributed by atoms with Gasteiger partial charge in [0.25, 0.3) is 0 Å². The van der Waals surface area contributed by atoms with Crippen molar-refractivity contribution in [1.29, 1.82) is 0 Å². The molecule has 0 aromatic carbocycles. The van der Waals surface area contributed by atoms with Crippen molar-refractivity contribution in [2.75, 3.05) is 73.2 Å². The first kappa shape index (κ1) is 25.2. The molecule has 0 aliphatic rings. The first-order valence-corrected chi connectivity index (χ1v) is 9.28. The van der Waals surface area contributed by atoms with Gasteiger partial charge < -0.3 is 33.9 Å². The molecular formula is C18H36O8. The molecule has 1 atom stereocenters. The zero-order valence-corrected chi connectivity index (χ0v) is 16.2. The molecule has 0 spiro atoms. The number of methoxy groups -OCH3 is 1. The highest BCUT2D eigenvalue weighted by atomic mass is 16.5. The van der Waals surface area contributed by atoms with Crippen LogP contribution in [0.2, 0.25) is 0 Å². The molecule has 0 fully saturated rings. The van der Waals surface area contributed by atoms with Gasteiger partial charge in [0.05, 0.1) is 38.4 Å². The molecule has 0 saturated carbocycles. The Balaban J connectivity index is 4.89. The van der Waals surface area contributed by atoms with Crippen LogP contribution in [0, 0.1) is 5.41 Å². The van der Waals surface area contributed by atoms with Gasteiger partial charge in [-0.05, 0) is 26.2 Å². The third-order valence-corrected chi connectivity index (χ3v) is 4.02. The Morgan fingerprint density at radius 3 is 1.96 bits per heavy atom. The summed E-state index contributed by atoms with van der Waals surface area (Å²) in [6.45, 7) is 4.89. The number of esters is 1. The summed E-state index contributed by atoms with van der Waals surface area (Å²) in [5.74, 6) is -0.325. The van der Waals surface area contributed by atoms with Gasteiger partial charge in [0.2, 0.25) is 0 Å². The van der Waals surface area contributed by atoms with Crippen LogP contribution in [0.25, 0.3) is 0 Å². The molecule has 1 unspecified atom stereocenters. The molecule has 0 saturated heterocycles. The van der Waals surface area contributed by atoms with Crippen molar-refractivity contribution in [3.05, 3.63) is 0 Å². The van der Waals surface area contributed by atoms with Gasteiger partial charge in [0.1, 0.15) is 0 Å². The van der Waals surface area contributed by atoms with Crippen LogP contribution in [0.15, 0.2) is 0 Å². The maximum atomic E-state index is 12.8. The summed E-state index contributed by atoms with van der Waals surface area (Å²) in [4.78, 5) is 12.8. The van der Waals surface area contributed by atoms with Crippen LogP contribution < -0.4 is 0 Å². The third kappa shape index (κ3) is 11.8. The van der Waals surface area contributed by atoms with E-state index < -0.39 is 5.41 Å². The fourth-order valence-corrected chi connectivity index (χ4v) is 2.42. The Labute approximate surface area is 156 Å². The van der Waals surface area contributed by atoms with Gasteiger partial charge in [-0.25, -0.2) is 0 Å². The van der Waals surface area contributed by atoms with Crippen molar-refractivity contribution in [2.24, 2.45) is 5.41 Å². The second-order valence-electron chi connectivity index (χ2n) is 5.88. The summed E-state index contributed by atoms with van der Waals surface area (Å²) in [6, 6.07) is 0. The van der Waals surface area contributed by atoms with Crippen LogP contribution >= 0.6 is 0 Å². The summed E-state index contributed by atoms with van der Waals surface area (Å²) >= 11 is 0. The number of hydrogen-bond donors (Lipinski definition) is 2. The summed E-state index contributed by atoms with van der Waals surface area (Å²) in [5, 5.41) is 17.7. The highest BCUT2D eigenvalue weighted by Gasteiger charge is 2.39. The summed E-state index contributed by atoms with van der Waals surface area (Å²) in [5.41, 5.74) is -0.785. The number of hydrogen-bond acceptors (Lipinski definition) is 8. The molecule has 0 amide bonds. The number of carbonyl (C=O) groups excluding carboxylic acids is 1. The summed E-state index contributed by atoms with van der Waals surface area (Å²) < 4.78 is 26.7. The molecule has 8 heteroatoms. The quantitative estimate of drug-likeness (QED) is 0.250. The van der Waals surface area contributed by atoms with Crippen molar-refractivity contribution < 1.29 is 38.7 Å². The summed E-state index contributed by atoms with van der Waals surface area (Å²) in [6.07, 6.45) is 1.82. The van der Waals surface area contributed by atoms with Crippen molar-refractivity contribution in [1.82, 2.24) is 0 Å². The first-order chi connectivity index (χ1) is 12.7. The smallest absolute Gasteiger partial charge is 0.312 e. The lowest BCUT2D eigenvalue weighted by atomic mass is 9.78. The molecule has 156 valence electrons. The molecule has 0 aromatic heterocycles. The van der Waals surface area contributed by atoms with Crippen LogP contribution in [0.3, 0.4) is 0 Å². The molecule has 0 rings (SSSR count). The maximum Gasteiger partial charge on any atom is 0.312 e. The van der Waals surface area contributed by atoms with Crippen LogP contribution in [0.5, 0.6) is 0 Å². The number of rotatable bonds is 19. The van der Waals surface area contributed by atoms with E-state index in [0.717, 1.165) is 0 Å². The van der Waals surface area contributed by atoms with E-state index in [1.807, 2.05) is 6.92 Å². The Morgan fingerprint density at radius 1 is 0.808 bits per heavy atom. The maximum absolute atomic E-state index is 12.8. The van der Waals surface area contributed by atoms with Crippen LogP contribution in [0.4, 0.5) is 0 Å². The van der Waals surface area contributed by atoms with Gasteiger partial charge in [0, 0.05) is 46.6 Å². The number of ether oxygens (including phenoxy) is 5. The van der Waals surface area contributed by atoms with Crippen molar-refractivity contribution in [3.63, 3.8) is 0 Å². The Kier molecular flexibility index (Phi) is 17.1. The number of aliphatic hydroxyl groups excluding tert-OH is 2. The standard InChI is InChI=1S/C18H36O8/c1-3-23-11-5-18(6-12-24-14-9-20,7-13-25-16-15-22-2)17(21)26-10-4-8-19/h19-20H,3-16H2,1-2H3. The molecule has 0 heterocycles. The molecule has 8 nitrogen and oxygen atoms in total. The fraction of sp³-hybridized carbons (Fsp3) is 0.944. The lowest BCUT2D eigenvalue weighted by Gasteiger charge is -2.31. The van der Waals surface area contributed by atoms with Crippen molar-refractivity contribution >= 4 is 5.97 Å². The monoisotopic (exact) mass is 380 g/mol. The Bertz CT molecular complexity index is 326. The van der Waals surface area contributed by atoms with Gasteiger partial charge in [0.15, 0.2) is 0 Å². The largest absolute Gasteiger partial charge is 0.465 e. The SMILES string of the molecule is CCOCCC(CCOCCO)(CCOCCOC)C(=O)OCCCO. The fourth-order valence-electron chi connectivity index (χ4n) is 2.42. The van der Waals surface area contributed by atoms with Gasteiger partial charge in [-0.3, -0.25) is 4.79 Å². The van der Waals surface area contributed by atoms with Gasteiger partial charge in [-0.1, -0.05) is 0 Å². The zero-order valence-electron chi connectivity index (χ0n) is 16.2. The number of aliphatic hydroxyl groups is 2. The average Bonchev–Trinajstić information content (AvgIpc) is 2.64. The van der Waals surface area contributed by atoms with E-state index in [1.54, 1.807) is 7.11 Å². The minimum absolute atomic E-state index is 0.0288. The van der Waals surface area contributed by atoms with Crippen LogP contribution in [-0.4, -0.2) is 89.4 Å². The lowest BCUT2D eigenvalue weighted by Crippen LogP contribution is -2.37. The zero-order chi connectivity index (χ0) is 19.5. The lowest BCUT2D eigenvalue weighted by molar-refractivity contribution is -0.161.